The molecule has 0 spiro atoms. The highest BCUT2D eigenvalue weighted by atomic mass is 16.3. The van der Waals surface area contributed by atoms with Crippen LogP contribution in [0.25, 0.3) is 43.1 Å². The molecule has 0 aliphatic heterocycles. The minimum Gasteiger partial charge on any atom is -0.388 e. The van der Waals surface area contributed by atoms with Gasteiger partial charge in [-0.3, -0.25) is 4.79 Å². The molecule has 0 saturated carbocycles. The lowest BCUT2D eigenvalue weighted by Crippen LogP contribution is -2.05. The standard InChI is InChI=1S/C22H14O2/c23-12-19(24)17-11-10-14-6-2-8-16-15-7-1-4-13-5-3-9-18(20(13)15)22(17)21(14)16/h1-11,23H,12H2. The zero-order valence-electron chi connectivity index (χ0n) is 12.9. The molecule has 114 valence electrons. The molecule has 0 aliphatic rings. The van der Waals surface area contributed by atoms with Gasteiger partial charge in [-0.1, -0.05) is 66.7 Å². The average molecular weight is 310 g/mol. The maximum Gasteiger partial charge on any atom is 0.188 e. The van der Waals surface area contributed by atoms with Gasteiger partial charge in [-0.2, -0.15) is 0 Å². The molecule has 24 heavy (non-hydrogen) atoms. The number of ketones is 1. The molecule has 0 amide bonds. The lowest BCUT2D eigenvalue weighted by molar-refractivity contribution is 0.0905. The molecule has 1 N–H and O–H groups in total. The number of aliphatic hydroxyl groups excluding tert-OH is 1. The Hall–Kier alpha value is -2.97. The zero-order chi connectivity index (χ0) is 16.3. The fraction of sp³-hybridized carbons (Fsp3) is 0.0455. The van der Waals surface area contributed by atoms with E-state index in [0.717, 1.165) is 26.9 Å². The number of carbonyl (C=O) groups excluding carboxylic acids is 1. The van der Waals surface area contributed by atoms with Gasteiger partial charge in [0, 0.05) is 10.9 Å². The molecule has 0 fully saturated rings. The highest BCUT2D eigenvalue weighted by Crippen LogP contribution is 2.41. The van der Waals surface area contributed by atoms with Gasteiger partial charge in [0.05, 0.1) is 0 Å². The van der Waals surface area contributed by atoms with E-state index in [-0.39, 0.29) is 5.78 Å². The van der Waals surface area contributed by atoms with Gasteiger partial charge in [-0.15, -0.1) is 0 Å². The summed E-state index contributed by atoms with van der Waals surface area (Å²) in [6.45, 7) is -0.474. The van der Waals surface area contributed by atoms with Gasteiger partial charge in [0.1, 0.15) is 6.61 Å². The summed E-state index contributed by atoms with van der Waals surface area (Å²) in [6.07, 6.45) is 0. The van der Waals surface area contributed by atoms with Crippen LogP contribution in [0.5, 0.6) is 0 Å². The normalized spacial score (nSPS) is 11.9. The van der Waals surface area contributed by atoms with E-state index in [2.05, 4.69) is 48.5 Å². The van der Waals surface area contributed by atoms with Crippen LogP contribution >= 0.6 is 0 Å². The third-order valence-electron chi connectivity index (χ3n) is 4.95. The highest BCUT2D eigenvalue weighted by Gasteiger charge is 2.17. The average Bonchev–Trinajstić information content (AvgIpc) is 2.64. The first-order valence-electron chi connectivity index (χ1n) is 8.02. The summed E-state index contributed by atoms with van der Waals surface area (Å²) in [7, 11) is 0. The topological polar surface area (TPSA) is 37.3 Å². The Morgan fingerprint density at radius 2 is 1.25 bits per heavy atom. The van der Waals surface area contributed by atoms with Gasteiger partial charge >= 0.3 is 0 Å². The van der Waals surface area contributed by atoms with Crippen LogP contribution in [0.4, 0.5) is 0 Å². The first-order valence-corrected chi connectivity index (χ1v) is 8.02. The van der Waals surface area contributed by atoms with Gasteiger partial charge in [0.15, 0.2) is 5.78 Å². The molecular formula is C22H14O2. The molecule has 0 atom stereocenters. The third kappa shape index (κ3) is 1.61. The minimum atomic E-state index is -0.474. The van der Waals surface area contributed by atoms with Crippen molar-refractivity contribution in [3.05, 3.63) is 72.3 Å². The summed E-state index contributed by atoms with van der Waals surface area (Å²) >= 11 is 0. The predicted molar refractivity (Wildman–Crippen MR) is 99.1 cm³/mol. The van der Waals surface area contributed by atoms with Crippen LogP contribution in [0.2, 0.25) is 0 Å². The molecule has 5 aromatic carbocycles. The van der Waals surface area contributed by atoms with Gasteiger partial charge in [-0.05, 0) is 37.7 Å². The van der Waals surface area contributed by atoms with Crippen molar-refractivity contribution in [2.75, 3.05) is 6.61 Å². The lowest BCUT2D eigenvalue weighted by Gasteiger charge is -2.16. The maximum absolute atomic E-state index is 12.4. The van der Waals surface area contributed by atoms with Crippen molar-refractivity contribution in [2.45, 2.75) is 0 Å². The fourth-order valence-corrected chi connectivity index (χ4v) is 3.97. The Morgan fingerprint density at radius 3 is 1.92 bits per heavy atom. The van der Waals surface area contributed by atoms with Crippen molar-refractivity contribution < 1.29 is 9.90 Å². The van der Waals surface area contributed by atoms with Crippen molar-refractivity contribution in [3.8, 4) is 0 Å². The Bertz CT molecular complexity index is 1250. The predicted octanol–water partition coefficient (Wildman–Crippen LogP) is 4.91. The van der Waals surface area contributed by atoms with E-state index in [1.807, 2.05) is 18.2 Å². The summed E-state index contributed by atoms with van der Waals surface area (Å²) < 4.78 is 0. The number of fused-ring (bicyclic) bond motifs is 2. The van der Waals surface area contributed by atoms with Crippen molar-refractivity contribution in [3.63, 3.8) is 0 Å². The Labute approximate surface area is 138 Å². The molecule has 5 rings (SSSR count). The molecular weight excluding hydrogens is 296 g/mol. The Morgan fingerprint density at radius 1 is 0.667 bits per heavy atom. The van der Waals surface area contributed by atoms with Crippen LogP contribution < -0.4 is 0 Å². The molecule has 0 radical (unpaired) electrons. The molecule has 0 heterocycles. The first-order chi connectivity index (χ1) is 11.8. The van der Waals surface area contributed by atoms with Crippen molar-refractivity contribution in [2.24, 2.45) is 0 Å². The Balaban J connectivity index is 2.21. The van der Waals surface area contributed by atoms with Crippen LogP contribution in [-0.2, 0) is 0 Å². The number of Topliss-reactive ketones (excluding diaryl/α,β-unsaturated/α-hetero) is 1. The lowest BCUT2D eigenvalue weighted by atomic mass is 9.87. The zero-order valence-corrected chi connectivity index (χ0v) is 12.9. The van der Waals surface area contributed by atoms with E-state index in [0.29, 0.717) is 5.56 Å². The second-order valence-electron chi connectivity index (χ2n) is 6.18. The quantitative estimate of drug-likeness (QED) is 0.286. The van der Waals surface area contributed by atoms with Gasteiger partial charge in [0.25, 0.3) is 0 Å². The van der Waals surface area contributed by atoms with E-state index in [4.69, 9.17) is 0 Å². The van der Waals surface area contributed by atoms with E-state index >= 15 is 0 Å². The molecule has 0 bridgehead atoms. The summed E-state index contributed by atoms with van der Waals surface area (Å²) in [6, 6.07) is 22.6. The van der Waals surface area contributed by atoms with Crippen molar-refractivity contribution in [1.82, 2.24) is 0 Å². The van der Waals surface area contributed by atoms with Crippen molar-refractivity contribution >= 4 is 48.9 Å². The van der Waals surface area contributed by atoms with Gasteiger partial charge < -0.3 is 5.11 Å². The number of aliphatic hydroxyl groups is 1. The summed E-state index contributed by atoms with van der Waals surface area (Å²) in [5, 5.41) is 18.3. The molecule has 0 aromatic heterocycles. The number of rotatable bonds is 2. The molecule has 0 unspecified atom stereocenters. The minimum absolute atomic E-state index is 0.238. The fourth-order valence-electron chi connectivity index (χ4n) is 3.97. The van der Waals surface area contributed by atoms with E-state index < -0.39 is 6.61 Å². The van der Waals surface area contributed by atoms with E-state index in [1.54, 1.807) is 0 Å². The van der Waals surface area contributed by atoms with Gasteiger partial charge in [0.2, 0.25) is 0 Å². The molecule has 2 heteroatoms. The third-order valence-corrected chi connectivity index (χ3v) is 4.95. The molecule has 0 saturated heterocycles. The first kappa shape index (κ1) is 13.5. The molecule has 0 aliphatic carbocycles. The van der Waals surface area contributed by atoms with Gasteiger partial charge in [-0.25, -0.2) is 0 Å². The number of hydrogen-bond donors (Lipinski definition) is 1. The maximum atomic E-state index is 12.4. The van der Waals surface area contributed by atoms with E-state index in [9.17, 15) is 9.90 Å². The summed E-state index contributed by atoms with van der Waals surface area (Å²) in [5.41, 5.74) is 0.597. The number of carbonyl (C=O) groups is 1. The van der Waals surface area contributed by atoms with Crippen LogP contribution in [0, 0.1) is 0 Å². The molecule has 5 aromatic rings. The van der Waals surface area contributed by atoms with Crippen molar-refractivity contribution in [1.29, 1.82) is 0 Å². The van der Waals surface area contributed by atoms with E-state index in [1.165, 1.54) is 16.2 Å². The number of benzene rings is 5. The smallest absolute Gasteiger partial charge is 0.188 e. The molecule has 2 nitrogen and oxygen atoms in total. The largest absolute Gasteiger partial charge is 0.388 e. The Kier molecular flexibility index (Phi) is 2.67. The van der Waals surface area contributed by atoms with Crippen LogP contribution in [0.15, 0.2) is 66.7 Å². The van der Waals surface area contributed by atoms with Crippen LogP contribution in [0.3, 0.4) is 0 Å². The summed E-state index contributed by atoms with van der Waals surface area (Å²) in [4.78, 5) is 12.4. The number of hydrogen-bond acceptors (Lipinski definition) is 2. The second kappa shape index (κ2) is 4.76. The van der Waals surface area contributed by atoms with Crippen LogP contribution in [-0.4, -0.2) is 17.5 Å². The second-order valence-corrected chi connectivity index (χ2v) is 6.18. The SMILES string of the molecule is O=C(CO)c1ccc2cccc3c4cccc5cccc(c1c23)c54. The monoisotopic (exact) mass is 310 g/mol. The summed E-state index contributed by atoms with van der Waals surface area (Å²) in [5.74, 6) is -0.238. The van der Waals surface area contributed by atoms with Crippen LogP contribution in [0.1, 0.15) is 10.4 Å². The highest BCUT2D eigenvalue weighted by molar-refractivity contribution is 6.35.